The van der Waals surface area contributed by atoms with Crippen molar-refractivity contribution in [1.29, 1.82) is 0 Å². The molecule has 0 aliphatic rings. The molecule has 19 heavy (non-hydrogen) atoms. The SMILES string of the molecule is CCNC(c1ccc(OC)cc1Cl)C(F)(F)C(F)F. The summed E-state index contributed by atoms with van der Waals surface area (Å²) in [7, 11) is 1.39. The summed E-state index contributed by atoms with van der Waals surface area (Å²) in [5.74, 6) is -3.85. The number of benzene rings is 1. The molecule has 1 atom stereocenters. The number of rotatable bonds is 6. The Kier molecular flexibility index (Phi) is 5.43. The summed E-state index contributed by atoms with van der Waals surface area (Å²) in [4.78, 5) is 0. The molecule has 0 aliphatic carbocycles. The van der Waals surface area contributed by atoms with Gasteiger partial charge in [0, 0.05) is 5.02 Å². The first-order valence-corrected chi connectivity index (χ1v) is 5.95. The van der Waals surface area contributed by atoms with E-state index in [-0.39, 0.29) is 17.1 Å². The summed E-state index contributed by atoms with van der Waals surface area (Å²) in [5.41, 5.74) is -0.0883. The standard InChI is InChI=1S/C12H14ClF4NO/c1-3-18-10(12(16,17)11(14)15)8-5-4-7(19-2)6-9(8)13/h4-6,10-11,18H,3H2,1-2H3. The van der Waals surface area contributed by atoms with Crippen LogP contribution in [0.3, 0.4) is 0 Å². The number of alkyl halides is 4. The van der Waals surface area contributed by atoms with Crippen molar-refractivity contribution >= 4 is 11.6 Å². The van der Waals surface area contributed by atoms with Crippen molar-refractivity contribution in [2.24, 2.45) is 0 Å². The van der Waals surface area contributed by atoms with Gasteiger partial charge in [0.2, 0.25) is 0 Å². The van der Waals surface area contributed by atoms with Crippen LogP contribution in [0.4, 0.5) is 17.6 Å². The molecule has 0 bridgehead atoms. The highest BCUT2D eigenvalue weighted by molar-refractivity contribution is 6.31. The van der Waals surface area contributed by atoms with Crippen LogP contribution in [-0.4, -0.2) is 26.0 Å². The summed E-state index contributed by atoms with van der Waals surface area (Å²) in [5, 5.41) is 2.29. The molecule has 7 heteroatoms. The second kappa shape index (κ2) is 6.43. The first-order chi connectivity index (χ1) is 8.84. The van der Waals surface area contributed by atoms with E-state index in [0.717, 1.165) is 0 Å². The Morgan fingerprint density at radius 1 is 1.37 bits per heavy atom. The third kappa shape index (κ3) is 3.51. The second-order valence-corrected chi connectivity index (χ2v) is 4.26. The molecule has 108 valence electrons. The molecule has 0 aromatic heterocycles. The third-order valence-electron chi connectivity index (χ3n) is 2.60. The molecule has 1 N–H and O–H groups in total. The fraction of sp³-hybridized carbons (Fsp3) is 0.500. The highest BCUT2D eigenvalue weighted by Crippen LogP contribution is 2.40. The zero-order valence-electron chi connectivity index (χ0n) is 10.4. The van der Waals surface area contributed by atoms with Crippen LogP contribution >= 0.6 is 11.6 Å². The fourth-order valence-corrected chi connectivity index (χ4v) is 1.93. The van der Waals surface area contributed by atoms with Crippen LogP contribution in [0.1, 0.15) is 18.5 Å². The largest absolute Gasteiger partial charge is 0.497 e. The zero-order valence-corrected chi connectivity index (χ0v) is 11.1. The van der Waals surface area contributed by atoms with Crippen molar-refractivity contribution in [2.75, 3.05) is 13.7 Å². The Hall–Kier alpha value is -1.01. The topological polar surface area (TPSA) is 21.3 Å². The molecule has 1 rings (SSSR count). The summed E-state index contributed by atoms with van der Waals surface area (Å²) in [6, 6.07) is 2.11. The molecule has 1 unspecified atom stereocenters. The van der Waals surface area contributed by atoms with Gasteiger partial charge in [0.1, 0.15) is 11.8 Å². The normalized spacial score (nSPS) is 13.7. The highest BCUT2D eigenvalue weighted by Gasteiger charge is 2.49. The molecule has 0 saturated carbocycles. The summed E-state index contributed by atoms with van der Waals surface area (Å²) < 4.78 is 57.0. The van der Waals surface area contributed by atoms with Gasteiger partial charge in [-0.2, -0.15) is 8.78 Å². The van der Waals surface area contributed by atoms with Gasteiger partial charge in [0.25, 0.3) is 0 Å². The Balaban J connectivity index is 3.19. The lowest BCUT2D eigenvalue weighted by Crippen LogP contribution is -2.42. The minimum atomic E-state index is -4.21. The lowest BCUT2D eigenvalue weighted by atomic mass is 10.00. The van der Waals surface area contributed by atoms with Crippen molar-refractivity contribution in [3.63, 3.8) is 0 Å². The van der Waals surface area contributed by atoms with Crippen molar-refractivity contribution in [1.82, 2.24) is 5.32 Å². The van der Waals surface area contributed by atoms with Crippen LogP contribution in [0.5, 0.6) is 5.75 Å². The van der Waals surface area contributed by atoms with Gasteiger partial charge in [-0.1, -0.05) is 24.6 Å². The van der Waals surface area contributed by atoms with Crippen LogP contribution in [0.25, 0.3) is 0 Å². The molecule has 1 aromatic rings. The Bertz CT molecular complexity index is 428. The first kappa shape index (κ1) is 16.0. The van der Waals surface area contributed by atoms with E-state index in [0.29, 0.717) is 5.75 Å². The molecule has 0 spiro atoms. The number of nitrogens with one attached hydrogen (secondary N) is 1. The van der Waals surface area contributed by atoms with Gasteiger partial charge in [-0.3, -0.25) is 0 Å². The second-order valence-electron chi connectivity index (χ2n) is 3.85. The number of methoxy groups -OCH3 is 1. The van der Waals surface area contributed by atoms with Gasteiger partial charge < -0.3 is 10.1 Å². The molecule has 0 aliphatic heterocycles. The van der Waals surface area contributed by atoms with E-state index in [1.165, 1.54) is 25.3 Å². The molecule has 0 radical (unpaired) electrons. The van der Waals surface area contributed by atoms with E-state index >= 15 is 0 Å². The number of hydrogen-bond donors (Lipinski definition) is 1. The molecular formula is C12H14ClF4NO. The zero-order chi connectivity index (χ0) is 14.6. The van der Waals surface area contributed by atoms with E-state index in [9.17, 15) is 17.6 Å². The van der Waals surface area contributed by atoms with Crippen molar-refractivity contribution < 1.29 is 22.3 Å². The maximum atomic E-state index is 13.5. The minimum absolute atomic E-state index is 0.0503. The number of halogens is 5. The maximum absolute atomic E-state index is 13.5. The van der Waals surface area contributed by atoms with Gasteiger partial charge >= 0.3 is 12.3 Å². The van der Waals surface area contributed by atoms with E-state index in [2.05, 4.69) is 5.32 Å². The fourth-order valence-electron chi connectivity index (χ4n) is 1.65. The van der Waals surface area contributed by atoms with E-state index in [4.69, 9.17) is 16.3 Å². The summed E-state index contributed by atoms with van der Waals surface area (Å²) in [6.07, 6.45) is -3.78. The smallest absolute Gasteiger partial charge is 0.326 e. The molecule has 0 fully saturated rings. The van der Waals surface area contributed by atoms with Crippen LogP contribution in [0.15, 0.2) is 18.2 Å². The van der Waals surface area contributed by atoms with Crippen LogP contribution in [0.2, 0.25) is 5.02 Å². The molecular weight excluding hydrogens is 286 g/mol. The minimum Gasteiger partial charge on any atom is -0.497 e. The predicted octanol–water partition coefficient (Wildman–Crippen LogP) is 3.90. The lowest BCUT2D eigenvalue weighted by molar-refractivity contribution is -0.151. The monoisotopic (exact) mass is 299 g/mol. The van der Waals surface area contributed by atoms with Crippen molar-refractivity contribution in [3.8, 4) is 5.75 Å². The number of hydrogen-bond acceptors (Lipinski definition) is 2. The van der Waals surface area contributed by atoms with Gasteiger partial charge in [-0.25, -0.2) is 8.78 Å². The molecule has 0 saturated heterocycles. The van der Waals surface area contributed by atoms with Gasteiger partial charge in [-0.05, 0) is 24.2 Å². The Morgan fingerprint density at radius 2 is 2.00 bits per heavy atom. The van der Waals surface area contributed by atoms with Crippen molar-refractivity contribution in [2.45, 2.75) is 25.3 Å². The van der Waals surface area contributed by atoms with Gasteiger partial charge in [0.05, 0.1) is 7.11 Å². The molecule has 0 heterocycles. The molecule has 2 nitrogen and oxygen atoms in total. The van der Waals surface area contributed by atoms with Crippen LogP contribution in [-0.2, 0) is 0 Å². The van der Waals surface area contributed by atoms with E-state index in [1.807, 2.05) is 0 Å². The van der Waals surface area contributed by atoms with Gasteiger partial charge in [0.15, 0.2) is 0 Å². The Labute approximate surface area is 113 Å². The maximum Gasteiger partial charge on any atom is 0.326 e. The van der Waals surface area contributed by atoms with Gasteiger partial charge in [-0.15, -0.1) is 0 Å². The Morgan fingerprint density at radius 3 is 2.42 bits per heavy atom. The highest BCUT2D eigenvalue weighted by atomic mass is 35.5. The van der Waals surface area contributed by atoms with Crippen molar-refractivity contribution in [3.05, 3.63) is 28.8 Å². The first-order valence-electron chi connectivity index (χ1n) is 5.57. The third-order valence-corrected chi connectivity index (χ3v) is 2.93. The van der Waals surface area contributed by atoms with E-state index in [1.54, 1.807) is 6.92 Å². The number of ether oxygens (including phenoxy) is 1. The average molecular weight is 300 g/mol. The lowest BCUT2D eigenvalue weighted by Gasteiger charge is -2.28. The van der Waals surface area contributed by atoms with Crippen LogP contribution < -0.4 is 10.1 Å². The quantitative estimate of drug-likeness (QED) is 0.804. The van der Waals surface area contributed by atoms with E-state index < -0.39 is 18.4 Å². The average Bonchev–Trinajstić information content (AvgIpc) is 2.36. The van der Waals surface area contributed by atoms with Crippen LogP contribution in [0, 0.1) is 0 Å². The summed E-state index contributed by atoms with van der Waals surface area (Å²) in [6.45, 7) is 1.65. The predicted molar refractivity (Wildman–Crippen MR) is 65.4 cm³/mol. The molecule has 0 amide bonds. The summed E-state index contributed by atoms with van der Waals surface area (Å²) >= 11 is 5.85. The molecule has 1 aromatic carbocycles.